The standard InChI is InChI=1S/C21H30N8O.HI/c1-17-16-29(12-13-30-17)19-14-18(4-7-23-19)15-26-20(22-2)27-8-10-28(11-9-27)21-24-5-3-6-25-21;/h3-7,14,17H,8-13,15-16H2,1-2H3,(H,22,26);1H. The molecule has 1 atom stereocenters. The van der Waals surface area contributed by atoms with E-state index < -0.39 is 0 Å². The minimum atomic E-state index is 0. The number of ether oxygens (including phenoxy) is 1. The van der Waals surface area contributed by atoms with E-state index in [-0.39, 0.29) is 30.1 Å². The van der Waals surface area contributed by atoms with Crippen molar-refractivity contribution in [1.29, 1.82) is 0 Å². The predicted octanol–water partition coefficient (Wildman–Crippen LogP) is 1.61. The number of aliphatic imine (C=N–C) groups is 1. The van der Waals surface area contributed by atoms with Crippen LogP contribution in [0, 0.1) is 0 Å². The second-order valence-electron chi connectivity index (χ2n) is 7.57. The van der Waals surface area contributed by atoms with Gasteiger partial charge in [0.2, 0.25) is 5.95 Å². The van der Waals surface area contributed by atoms with Crippen molar-refractivity contribution in [1.82, 2.24) is 25.2 Å². The van der Waals surface area contributed by atoms with E-state index in [9.17, 15) is 0 Å². The van der Waals surface area contributed by atoms with Gasteiger partial charge >= 0.3 is 0 Å². The molecular weight excluding hydrogens is 507 g/mol. The van der Waals surface area contributed by atoms with Crippen molar-refractivity contribution in [2.24, 2.45) is 4.99 Å². The molecule has 2 aromatic rings. The molecule has 2 aliphatic rings. The lowest BCUT2D eigenvalue weighted by atomic mass is 10.2. The first kappa shape index (κ1) is 23.5. The van der Waals surface area contributed by atoms with Crippen LogP contribution in [-0.2, 0) is 11.3 Å². The van der Waals surface area contributed by atoms with E-state index >= 15 is 0 Å². The van der Waals surface area contributed by atoms with Crippen LogP contribution in [-0.4, -0.2) is 84.8 Å². The molecule has 2 aliphatic heterocycles. The predicted molar refractivity (Wildman–Crippen MR) is 133 cm³/mol. The molecule has 31 heavy (non-hydrogen) atoms. The van der Waals surface area contributed by atoms with Crippen molar-refractivity contribution in [3.8, 4) is 0 Å². The number of hydrogen-bond acceptors (Lipinski definition) is 7. The Morgan fingerprint density at radius 3 is 2.58 bits per heavy atom. The minimum Gasteiger partial charge on any atom is -0.375 e. The second kappa shape index (κ2) is 11.4. The summed E-state index contributed by atoms with van der Waals surface area (Å²) in [5.74, 6) is 2.72. The summed E-state index contributed by atoms with van der Waals surface area (Å²) >= 11 is 0. The number of halogens is 1. The topological polar surface area (TPSA) is 82.0 Å². The van der Waals surface area contributed by atoms with Gasteiger partial charge in [-0.25, -0.2) is 15.0 Å². The van der Waals surface area contributed by atoms with E-state index in [0.717, 1.165) is 63.6 Å². The van der Waals surface area contributed by atoms with Gasteiger partial charge in [0.15, 0.2) is 5.96 Å². The summed E-state index contributed by atoms with van der Waals surface area (Å²) in [7, 11) is 1.84. The van der Waals surface area contributed by atoms with Gasteiger partial charge in [-0.2, -0.15) is 0 Å². The molecular formula is C21H31IN8O. The Kier molecular flexibility index (Phi) is 8.64. The van der Waals surface area contributed by atoms with Crippen LogP contribution in [0.3, 0.4) is 0 Å². The third-order valence-corrected chi connectivity index (χ3v) is 5.45. The minimum absolute atomic E-state index is 0. The van der Waals surface area contributed by atoms with Gasteiger partial charge < -0.3 is 24.8 Å². The maximum Gasteiger partial charge on any atom is 0.225 e. The Morgan fingerprint density at radius 2 is 1.87 bits per heavy atom. The number of rotatable bonds is 4. The average molecular weight is 538 g/mol. The molecule has 0 aromatic carbocycles. The van der Waals surface area contributed by atoms with E-state index in [2.05, 4.69) is 59.0 Å². The number of pyridine rings is 1. The van der Waals surface area contributed by atoms with Crippen LogP contribution < -0.4 is 15.1 Å². The molecule has 4 rings (SSSR count). The Morgan fingerprint density at radius 1 is 1.10 bits per heavy atom. The van der Waals surface area contributed by atoms with Crippen LogP contribution in [0.15, 0.2) is 41.8 Å². The largest absolute Gasteiger partial charge is 0.375 e. The fraction of sp³-hybridized carbons (Fsp3) is 0.524. The van der Waals surface area contributed by atoms with Crippen LogP contribution in [0.1, 0.15) is 12.5 Å². The van der Waals surface area contributed by atoms with Gasteiger partial charge in [0.25, 0.3) is 0 Å². The molecule has 1 N–H and O–H groups in total. The van der Waals surface area contributed by atoms with Gasteiger partial charge in [0.1, 0.15) is 5.82 Å². The SMILES string of the molecule is CN=C(NCc1ccnc(N2CCOC(C)C2)c1)N1CCN(c2ncccn2)CC1.I. The number of guanidine groups is 1. The number of hydrogen-bond donors (Lipinski definition) is 1. The van der Waals surface area contributed by atoms with Crippen molar-refractivity contribution < 1.29 is 4.74 Å². The van der Waals surface area contributed by atoms with Crippen LogP contribution in [0.2, 0.25) is 0 Å². The van der Waals surface area contributed by atoms with Gasteiger partial charge in [-0.1, -0.05) is 0 Å². The highest BCUT2D eigenvalue weighted by Gasteiger charge is 2.21. The molecule has 0 radical (unpaired) electrons. The number of nitrogens with zero attached hydrogens (tertiary/aromatic N) is 7. The lowest BCUT2D eigenvalue weighted by Crippen LogP contribution is -2.52. The molecule has 0 bridgehead atoms. The summed E-state index contributed by atoms with van der Waals surface area (Å²) < 4.78 is 5.64. The normalized spacial score (nSPS) is 19.7. The molecule has 0 spiro atoms. The maximum atomic E-state index is 5.64. The quantitative estimate of drug-likeness (QED) is 0.358. The van der Waals surface area contributed by atoms with E-state index in [1.807, 2.05) is 19.3 Å². The van der Waals surface area contributed by atoms with Crippen molar-refractivity contribution in [3.05, 3.63) is 42.4 Å². The van der Waals surface area contributed by atoms with Gasteiger partial charge in [-0.15, -0.1) is 24.0 Å². The lowest BCUT2D eigenvalue weighted by Gasteiger charge is -2.36. The first-order valence-electron chi connectivity index (χ1n) is 10.5. The van der Waals surface area contributed by atoms with Crippen molar-refractivity contribution in [2.75, 3.05) is 62.7 Å². The molecule has 1 unspecified atom stereocenters. The van der Waals surface area contributed by atoms with Crippen molar-refractivity contribution >= 4 is 41.7 Å². The van der Waals surface area contributed by atoms with E-state index in [1.54, 1.807) is 12.4 Å². The Hall–Kier alpha value is -2.21. The van der Waals surface area contributed by atoms with Gasteiger partial charge in [0, 0.05) is 71.5 Å². The molecule has 2 saturated heterocycles. The Bertz CT molecular complexity index is 844. The summed E-state index contributed by atoms with van der Waals surface area (Å²) in [6.45, 7) is 8.83. The van der Waals surface area contributed by atoms with Crippen LogP contribution in [0.25, 0.3) is 0 Å². The zero-order valence-corrected chi connectivity index (χ0v) is 20.5. The summed E-state index contributed by atoms with van der Waals surface area (Å²) in [5, 5.41) is 3.50. The van der Waals surface area contributed by atoms with Gasteiger partial charge in [0.05, 0.1) is 12.7 Å². The summed E-state index contributed by atoms with van der Waals surface area (Å²) in [4.78, 5) is 24.5. The zero-order valence-electron chi connectivity index (χ0n) is 18.1. The molecule has 2 aromatic heterocycles. The summed E-state index contributed by atoms with van der Waals surface area (Å²) in [6, 6.07) is 6.05. The highest BCUT2D eigenvalue weighted by Crippen LogP contribution is 2.16. The Balaban J connectivity index is 0.00000272. The third-order valence-electron chi connectivity index (χ3n) is 5.45. The maximum absolute atomic E-state index is 5.64. The number of morpholine rings is 1. The highest BCUT2D eigenvalue weighted by atomic mass is 127. The van der Waals surface area contributed by atoms with Crippen LogP contribution >= 0.6 is 24.0 Å². The van der Waals surface area contributed by atoms with Crippen LogP contribution in [0.4, 0.5) is 11.8 Å². The monoisotopic (exact) mass is 538 g/mol. The number of anilines is 2. The second-order valence-corrected chi connectivity index (χ2v) is 7.57. The first-order chi connectivity index (χ1) is 14.7. The molecule has 168 valence electrons. The van der Waals surface area contributed by atoms with Crippen LogP contribution in [0.5, 0.6) is 0 Å². The smallest absolute Gasteiger partial charge is 0.225 e. The fourth-order valence-electron chi connectivity index (χ4n) is 3.86. The van der Waals surface area contributed by atoms with E-state index in [1.165, 1.54) is 5.56 Å². The first-order valence-corrected chi connectivity index (χ1v) is 10.5. The molecule has 10 heteroatoms. The molecule has 0 aliphatic carbocycles. The number of aromatic nitrogens is 3. The number of nitrogens with one attached hydrogen (secondary N) is 1. The summed E-state index contributed by atoms with van der Waals surface area (Å²) in [5.41, 5.74) is 1.19. The highest BCUT2D eigenvalue weighted by molar-refractivity contribution is 14.0. The van der Waals surface area contributed by atoms with E-state index in [0.29, 0.717) is 6.54 Å². The molecule has 9 nitrogen and oxygen atoms in total. The van der Waals surface area contributed by atoms with Gasteiger partial charge in [-0.3, -0.25) is 4.99 Å². The third kappa shape index (κ3) is 6.16. The van der Waals surface area contributed by atoms with Crippen molar-refractivity contribution in [3.63, 3.8) is 0 Å². The Labute approximate surface area is 200 Å². The molecule has 4 heterocycles. The fourth-order valence-corrected chi connectivity index (χ4v) is 3.86. The molecule has 2 fully saturated rings. The molecule has 0 saturated carbocycles. The molecule has 0 amide bonds. The van der Waals surface area contributed by atoms with Gasteiger partial charge in [-0.05, 0) is 30.7 Å². The van der Waals surface area contributed by atoms with E-state index in [4.69, 9.17) is 4.74 Å². The van der Waals surface area contributed by atoms with Crippen molar-refractivity contribution in [2.45, 2.75) is 19.6 Å². The lowest BCUT2D eigenvalue weighted by molar-refractivity contribution is 0.0529. The average Bonchev–Trinajstić information content (AvgIpc) is 2.81. The summed E-state index contributed by atoms with van der Waals surface area (Å²) in [6.07, 6.45) is 5.69. The number of piperazine rings is 1. The zero-order chi connectivity index (χ0) is 20.8.